The molecule has 0 fully saturated rings. The third-order valence-electron chi connectivity index (χ3n) is 2.31. The van der Waals surface area contributed by atoms with E-state index in [0.29, 0.717) is 11.7 Å². The van der Waals surface area contributed by atoms with Gasteiger partial charge in [-0.3, -0.25) is 0 Å². The maximum absolute atomic E-state index is 11.5. The molecule has 16 heavy (non-hydrogen) atoms. The molecule has 1 aromatic heterocycles. The summed E-state index contributed by atoms with van der Waals surface area (Å²) in [5, 5.41) is 0. The van der Waals surface area contributed by atoms with Crippen molar-refractivity contribution in [1.29, 1.82) is 0 Å². The van der Waals surface area contributed by atoms with E-state index in [9.17, 15) is 4.79 Å². The number of nitrogens with one attached hydrogen (secondary N) is 1. The highest BCUT2D eigenvalue weighted by atomic mass is 16.3. The SMILES string of the molecule is CC(C)c1[nH+]c(=O)cc(-c2ccccc2)o1. The van der Waals surface area contributed by atoms with Gasteiger partial charge in [0, 0.05) is 5.56 Å². The van der Waals surface area contributed by atoms with Gasteiger partial charge in [-0.1, -0.05) is 30.3 Å². The van der Waals surface area contributed by atoms with E-state index < -0.39 is 0 Å². The lowest BCUT2D eigenvalue weighted by Crippen LogP contribution is -2.30. The van der Waals surface area contributed by atoms with Crippen LogP contribution in [0.15, 0.2) is 45.6 Å². The molecule has 1 heterocycles. The molecule has 0 aliphatic heterocycles. The van der Waals surface area contributed by atoms with Crippen LogP contribution in [-0.4, -0.2) is 0 Å². The molecule has 0 aliphatic carbocycles. The maximum Gasteiger partial charge on any atom is 0.417 e. The Kier molecular flexibility index (Phi) is 2.86. The van der Waals surface area contributed by atoms with Crippen LogP contribution < -0.4 is 10.5 Å². The summed E-state index contributed by atoms with van der Waals surface area (Å²) in [5.74, 6) is 1.37. The molecule has 0 atom stereocenters. The van der Waals surface area contributed by atoms with E-state index in [4.69, 9.17) is 4.42 Å². The highest BCUT2D eigenvalue weighted by Gasteiger charge is 2.14. The lowest BCUT2D eigenvalue weighted by molar-refractivity contribution is -0.430. The monoisotopic (exact) mass is 216 g/mol. The van der Waals surface area contributed by atoms with Crippen molar-refractivity contribution in [2.45, 2.75) is 19.8 Å². The fourth-order valence-electron chi connectivity index (χ4n) is 1.46. The fraction of sp³-hybridized carbons (Fsp3) is 0.231. The van der Waals surface area contributed by atoms with Crippen molar-refractivity contribution in [3.63, 3.8) is 0 Å². The summed E-state index contributed by atoms with van der Waals surface area (Å²) in [4.78, 5) is 14.2. The van der Waals surface area contributed by atoms with Crippen molar-refractivity contribution in [2.75, 3.05) is 0 Å². The molecular weight excluding hydrogens is 202 g/mol. The Labute approximate surface area is 93.8 Å². The van der Waals surface area contributed by atoms with Crippen LogP contribution in [0.2, 0.25) is 0 Å². The van der Waals surface area contributed by atoms with Gasteiger partial charge in [0.15, 0.2) is 5.76 Å². The molecule has 0 saturated heterocycles. The first-order valence-corrected chi connectivity index (χ1v) is 5.29. The summed E-state index contributed by atoms with van der Waals surface area (Å²) >= 11 is 0. The van der Waals surface area contributed by atoms with Gasteiger partial charge in [0.2, 0.25) is 0 Å². The van der Waals surface area contributed by atoms with Crippen LogP contribution in [0, 0.1) is 0 Å². The average molecular weight is 216 g/mol. The summed E-state index contributed by atoms with van der Waals surface area (Å²) in [6.45, 7) is 3.95. The largest absolute Gasteiger partial charge is 0.417 e. The molecule has 1 aromatic carbocycles. The third kappa shape index (κ3) is 2.19. The minimum atomic E-state index is -0.131. The van der Waals surface area contributed by atoms with Gasteiger partial charge < -0.3 is 4.42 Å². The van der Waals surface area contributed by atoms with E-state index in [1.54, 1.807) is 0 Å². The van der Waals surface area contributed by atoms with Crippen LogP contribution in [0.1, 0.15) is 25.7 Å². The standard InChI is InChI=1S/C13H13NO2/c1-9(2)13-14-12(15)8-11(16-13)10-6-4-3-5-7-10/h3-9H,1-2H3/p+1. The number of hydrogen-bond acceptors (Lipinski definition) is 2. The van der Waals surface area contributed by atoms with Crippen molar-refractivity contribution >= 4 is 0 Å². The highest BCUT2D eigenvalue weighted by Crippen LogP contribution is 2.19. The number of aromatic amines is 1. The van der Waals surface area contributed by atoms with Gasteiger partial charge in [0.05, 0.1) is 12.0 Å². The molecule has 2 aromatic rings. The first-order chi connectivity index (χ1) is 7.66. The van der Waals surface area contributed by atoms with E-state index in [1.807, 2.05) is 44.2 Å². The Balaban J connectivity index is 2.54. The number of benzene rings is 1. The lowest BCUT2D eigenvalue weighted by atomic mass is 10.1. The van der Waals surface area contributed by atoms with E-state index >= 15 is 0 Å². The van der Waals surface area contributed by atoms with E-state index in [1.165, 1.54) is 6.07 Å². The van der Waals surface area contributed by atoms with E-state index in [2.05, 4.69) is 4.98 Å². The summed E-state index contributed by atoms with van der Waals surface area (Å²) in [6.07, 6.45) is 0. The molecule has 0 spiro atoms. The van der Waals surface area contributed by atoms with Crippen LogP contribution in [0.5, 0.6) is 0 Å². The van der Waals surface area contributed by atoms with E-state index in [0.717, 1.165) is 5.56 Å². The molecule has 0 radical (unpaired) electrons. The minimum Gasteiger partial charge on any atom is -0.407 e. The van der Waals surface area contributed by atoms with Crippen LogP contribution >= 0.6 is 0 Å². The fourth-order valence-corrected chi connectivity index (χ4v) is 1.46. The molecule has 0 unspecified atom stereocenters. The highest BCUT2D eigenvalue weighted by molar-refractivity contribution is 5.55. The van der Waals surface area contributed by atoms with Gasteiger partial charge in [-0.05, 0) is 13.8 Å². The van der Waals surface area contributed by atoms with Crippen LogP contribution in [0.25, 0.3) is 11.3 Å². The topological polar surface area (TPSA) is 44.4 Å². The van der Waals surface area contributed by atoms with Gasteiger partial charge in [-0.2, -0.15) is 0 Å². The predicted octanol–water partition coefficient (Wildman–Crippen LogP) is 2.24. The van der Waals surface area contributed by atoms with Gasteiger partial charge in [-0.25, -0.2) is 4.79 Å². The summed E-state index contributed by atoms with van der Waals surface area (Å²) in [7, 11) is 0. The van der Waals surface area contributed by atoms with Gasteiger partial charge in [-0.15, -0.1) is 4.98 Å². The minimum absolute atomic E-state index is 0.131. The lowest BCUT2D eigenvalue weighted by Gasteiger charge is -2.01. The Hall–Kier alpha value is -1.90. The number of aromatic nitrogens is 1. The van der Waals surface area contributed by atoms with Crippen molar-refractivity contribution in [3.05, 3.63) is 52.6 Å². The van der Waals surface area contributed by atoms with Crippen molar-refractivity contribution in [1.82, 2.24) is 0 Å². The molecule has 3 heteroatoms. The molecule has 82 valence electrons. The van der Waals surface area contributed by atoms with Gasteiger partial charge >= 0.3 is 11.4 Å². The zero-order valence-corrected chi connectivity index (χ0v) is 9.36. The van der Waals surface area contributed by atoms with Gasteiger partial charge in [0.25, 0.3) is 0 Å². The third-order valence-corrected chi connectivity index (χ3v) is 2.31. The molecular formula is C13H14NO2+. The molecule has 3 nitrogen and oxygen atoms in total. The van der Waals surface area contributed by atoms with Crippen molar-refractivity contribution in [3.8, 4) is 11.3 Å². The zero-order chi connectivity index (χ0) is 11.5. The number of rotatable bonds is 2. The number of H-pyrrole nitrogens is 1. The van der Waals surface area contributed by atoms with Crippen molar-refractivity contribution < 1.29 is 9.40 Å². The molecule has 2 rings (SSSR count). The predicted molar refractivity (Wildman–Crippen MR) is 61.1 cm³/mol. The summed E-state index contributed by atoms with van der Waals surface area (Å²) in [5.41, 5.74) is 0.782. The maximum atomic E-state index is 11.5. The second-order valence-electron chi connectivity index (χ2n) is 3.98. The summed E-state index contributed by atoms with van der Waals surface area (Å²) in [6, 6.07) is 11.1. The van der Waals surface area contributed by atoms with Crippen molar-refractivity contribution in [2.24, 2.45) is 0 Å². The average Bonchev–Trinajstić information content (AvgIpc) is 2.29. The quantitative estimate of drug-likeness (QED) is 0.772. The Morgan fingerprint density at radius 2 is 1.88 bits per heavy atom. The molecule has 0 aliphatic rings. The molecule has 0 bridgehead atoms. The number of hydrogen-bond donors (Lipinski definition) is 0. The Bertz CT molecular complexity index is 529. The van der Waals surface area contributed by atoms with Crippen LogP contribution in [0.3, 0.4) is 0 Å². The smallest absolute Gasteiger partial charge is 0.407 e. The van der Waals surface area contributed by atoms with Gasteiger partial charge in [0.1, 0.15) is 0 Å². The first kappa shape index (κ1) is 10.6. The Morgan fingerprint density at radius 1 is 1.19 bits per heavy atom. The zero-order valence-electron chi connectivity index (χ0n) is 9.36. The second-order valence-corrected chi connectivity index (χ2v) is 3.98. The first-order valence-electron chi connectivity index (χ1n) is 5.29. The molecule has 0 saturated carbocycles. The Morgan fingerprint density at radius 3 is 2.50 bits per heavy atom. The molecule has 1 N–H and O–H groups in total. The van der Waals surface area contributed by atoms with E-state index in [-0.39, 0.29) is 11.5 Å². The van der Waals surface area contributed by atoms with Crippen LogP contribution in [0.4, 0.5) is 0 Å². The molecule has 0 amide bonds. The van der Waals surface area contributed by atoms with Crippen LogP contribution in [-0.2, 0) is 0 Å². The summed E-state index contributed by atoms with van der Waals surface area (Å²) < 4.78 is 5.65. The second kappa shape index (κ2) is 4.31. The normalized spacial score (nSPS) is 10.7.